The molecule has 0 saturated carbocycles. The highest BCUT2D eigenvalue weighted by molar-refractivity contribution is 7.99. The lowest BCUT2D eigenvalue weighted by Crippen LogP contribution is -2.14. The summed E-state index contributed by atoms with van der Waals surface area (Å²) in [4.78, 5) is 16.8. The van der Waals surface area contributed by atoms with E-state index in [1.54, 1.807) is 47.0 Å². The third-order valence-corrected chi connectivity index (χ3v) is 6.97. The molecule has 0 unspecified atom stereocenters. The second-order valence-corrected chi connectivity index (χ2v) is 9.78. The molecular weight excluding hydrogens is 525 g/mol. The molecule has 4 rings (SSSR count). The summed E-state index contributed by atoms with van der Waals surface area (Å²) in [5.41, 5.74) is 1.42. The summed E-state index contributed by atoms with van der Waals surface area (Å²) in [5.74, 6) is 1.27. The third kappa shape index (κ3) is 6.18. The minimum absolute atomic E-state index is 0.153. The molecule has 0 aliphatic carbocycles. The van der Waals surface area contributed by atoms with Gasteiger partial charge in [0.05, 0.1) is 16.5 Å². The number of carbonyl (C=O) groups is 1. The van der Waals surface area contributed by atoms with Crippen LogP contribution in [0.2, 0.25) is 15.1 Å². The van der Waals surface area contributed by atoms with E-state index < -0.39 is 0 Å². The Bertz CT molecular complexity index is 1280. The lowest BCUT2D eigenvalue weighted by molar-refractivity contribution is -0.113. The summed E-state index contributed by atoms with van der Waals surface area (Å²) in [5, 5.41) is 15.7. The Morgan fingerprint density at radius 3 is 2.64 bits per heavy atom. The van der Waals surface area contributed by atoms with Crippen molar-refractivity contribution in [2.24, 2.45) is 7.05 Å². The number of nitrogens with one attached hydrogen (secondary N) is 1. The van der Waals surface area contributed by atoms with Crippen LogP contribution >= 0.6 is 57.9 Å². The van der Waals surface area contributed by atoms with Crippen molar-refractivity contribution in [2.75, 3.05) is 11.1 Å². The molecule has 0 bridgehead atoms. The number of hydrogen-bond donors (Lipinski definition) is 1. The molecule has 1 amide bonds. The average molecular weight is 541 g/mol. The van der Waals surface area contributed by atoms with Crippen molar-refractivity contribution in [1.82, 2.24) is 19.7 Å². The van der Waals surface area contributed by atoms with Crippen LogP contribution in [0.4, 0.5) is 5.13 Å². The molecule has 33 heavy (non-hydrogen) atoms. The van der Waals surface area contributed by atoms with Crippen LogP contribution in [0.1, 0.15) is 5.82 Å². The van der Waals surface area contributed by atoms with E-state index in [0.29, 0.717) is 42.6 Å². The van der Waals surface area contributed by atoms with Gasteiger partial charge in [0.25, 0.3) is 0 Å². The molecule has 7 nitrogen and oxygen atoms in total. The number of ether oxygens (including phenoxy) is 1. The number of halogens is 3. The Balaban J connectivity index is 1.30. The van der Waals surface area contributed by atoms with Crippen LogP contribution in [0.25, 0.3) is 11.3 Å². The van der Waals surface area contributed by atoms with Gasteiger partial charge < -0.3 is 14.6 Å². The number of nitrogens with zero attached hydrogens (tertiary/aromatic N) is 4. The summed E-state index contributed by atoms with van der Waals surface area (Å²) in [6.07, 6.45) is 0. The van der Waals surface area contributed by atoms with Gasteiger partial charge in [-0.2, -0.15) is 0 Å². The molecule has 12 heteroatoms. The first kappa shape index (κ1) is 23.8. The molecule has 0 aliphatic rings. The van der Waals surface area contributed by atoms with E-state index >= 15 is 0 Å². The molecule has 0 saturated heterocycles. The van der Waals surface area contributed by atoms with Crippen LogP contribution in [0.15, 0.2) is 53.0 Å². The second-order valence-electron chi connectivity index (χ2n) is 6.70. The number of aromatic nitrogens is 4. The molecule has 0 atom stereocenters. The molecule has 2 aromatic heterocycles. The standard InChI is InChI=1S/C21H16Cl3N5O2S2/c1-29-18(9-31-14-5-2-12(22)3-6-14)27-28-21(29)33-11-19(30)26-20-25-17(10-32-20)15-7-4-13(23)8-16(15)24/h2-8,10H,9,11H2,1H3,(H,25,26,30). The predicted octanol–water partition coefficient (Wildman–Crippen LogP) is 6.21. The molecular formula is C21H16Cl3N5O2S2. The summed E-state index contributed by atoms with van der Waals surface area (Å²) in [6.45, 7) is 0.243. The monoisotopic (exact) mass is 539 g/mol. The molecule has 4 aromatic rings. The lowest BCUT2D eigenvalue weighted by atomic mass is 10.2. The number of anilines is 1. The summed E-state index contributed by atoms with van der Waals surface area (Å²) < 4.78 is 7.49. The SMILES string of the molecule is Cn1c(COc2ccc(Cl)cc2)nnc1SCC(=O)Nc1nc(-c2ccc(Cl)cc2Cl)cs1. The van der Waals surface area contributed by atoms with Gasteiger partial charge in [-0.25, -0.2) is 4.98 Å². The number of hydrogen-bond acceptors (Lipinski definition) is 7. The fourth-order valence-corrected chi connectivity index (χ4v) is 4.80. The summed E-state index contributed by atoms with van der Waals surface area (Å²) in [7, 11) is 1.82. The number of benzene rings is 2. The van der Waals surface area contributed by atoms with E-state index in [4.69, 9.17) is 39.5 Å². The molecule has 2 aromatic carbocycles. The van der Waals surface area contributed by atoms with Crippen molar-refractivity contribution in [2.45, 2.75) is 11.8 Å². The molecule has 1 N–H and O–H groups in total. The maximum absolute atomic E-state index is 12.4. The van der Waals surface area contributed by atoms with Crippen LogP contribution < -0.4 is 10.1 Å². The minimum Gasteiger partial charge on any atom is -0.486 e. The zero-order valence-corrected chi connectivity index (χ0v) is 21.0. The van der Waals surface area contributed by atoms with Crippen LogP contribution in [-0.4, -0.2) is 31.4 Å². The normalized spacial score (nSPS) is 10.9. The van der Waals surface area contributed by atoms with Gasteiger partial charge in [-0.3, -0.25) is 4.79 Å². The van der Waals surface area contributed by atoms with E-state index in [1.165, 1.54) is 23.1 Å². The van der Waals surface area contributed by atoms with Crippen LogP contribution in [0.5, 0.6) is 5.75 Å². The van der Waals surface area contributed by atoms with Crippen molar-refractivity contribution in [3.8, 4) is 17.0 Å². The van der Waals surface area contributed by atoms with Gasteiger partial charge >= 0.3 is 0 Å². The van der Waals surface area contributed by atoms with Crippen LogP contribution in [-0.2, 0) is 18.4 Å². The smallest absolute Gasteiger partial charge is 0.236 e. The molecule has 0 aliphatic heterocycles. The first-order valence-corrected chi connectivity index (χ1v) is 12.5. The van der Waals surface area contributed by atoms with E-state index in [2.05, 4.69) is 20.5 Å². The highest BCUT2D eigenvalue weighted by Gasteiger charge is 2.14. The molecule has 2 heterocycles. The van der Waals surface area contributed by atoms with Gasteiger partial charge in [-0.1, -0.05) is 46.6 Å². The van der Waals surface area contributed by atoms with Gasteiger partial charge in [-0.15, -0.1) is 21.5 Å². The number of thioether (sulfide) groups is 1. The van der Waals surface area contributed by atoms with Gasteiger partial charge in [0.1, 0.15) is 12.4 Å². The predicted molar refractivity (Wildman–Crippen MR) is 134 cm³/mol. The number of amides is 1. The van der Waals surface area contributed by atoms with Crippen molar-refractivity contribution >= 4 is 68.9 Å². The van der Waals surface area contributed by atoms with Gasteiger partial charge in [0.2, 0.25) is 5.91 Å². The lowest BCUT2D eigenvalue weighted by Gasteiger charge is -2.06. The zero-order chi connectivity index (χ0) is 23.4. The summed E-state index contributed by atoms with van der Waals surface area (Å²) >= 11 is 20.6. The molecule has 0 fully saturated rings. The Labute approximate surface area is 213 Å². The van der Waals surface area contributed by atoms with E-state index in [9.17, 15) is 4.79 Å². The highest BCUT2D eigenvalue weighted by Crippen LogP contribution is 2.32. The first-order chi connectivity index (χ1) is 15.9. The van der Waals surface area contributed by atoms with Crippen molar-refractivity contribution in [3.05, 3.63) is 68.7 Å². The summed E-state index contributed by atoms with van der Waals surface area (Å²) in [6, 6.07) is 12.3. The van der Waals surface area contributed by atoms with Gasteiger partial charge in [0.15, 0.2) is 16.1 Å². The average Bonchev–Trinajstić information content (AvgIpc) is 3.38. The fraction of sp³-hybridized carbons (Fsp3) is 0.143. The number of carbonyl (C=O) groups excluding carboxylic acids is 1. The van der Waals surface area contributed by atoms with Gasteiger partial charge in [-0.05, 0) is 42.5 Å². The molecule has 0 spiro atoms. The van der Waals surface area contributed by atoms with E-state index in [0.717, 1.165) is 5.56 Å². The van der Waals surface area contributed by atoms with E-state index in [1.807, 2.05) is 12.4 Å². The molecule has 0 radical (unpaired) electrons. The Hall–Kier alpha value is -2.30. The van der Waals surface area contributed by atoms with Crippen LogP contribution in [0, 0.1) is 0 Å². The second kappa shape index (κ2) is 10.8. The van der Waals surface area contributed by atoms with Crippen molar-refractivity contribution < 1.29 is 9.53 Å². The number of thiazole rings is 1. The first-order valence-electron chi connectivity index (χ1n) is 9.49. The third-order valence-electron chi connectivity index (χ3n) is 4.40. The number of rotatable bonds is 8. The van der Waals surface area contributed by atoms with E-state index in [-0.39, 0.29) is 18.3 Å². The maximum Gasteiger partial charge on any atom is 0.236 e. The molecule has 170 valence electrons. The van der Waals surface area contributed by atoms with Crippen LogP contribution in [0.3, 0.4) is 0 Å². The quantitative estimate of drug-likeness (QED) is 0.268. The maximum atomic E-state index is 12.4. The van der Waals surface area contributed by atoms with Crippen molar-refractivity contribution in [1.29, 1.82) is 0 Å². The Morgan fingerprint density at radius 2 is 1.88 bits per heavy atom. The Kier molecular flexibility index (Phi) is 7.77. The fourth-order valence-electron chi connectivity index (χ4n) is 2.71. The Morgan fingerprint density at radius 1 is 1.12 bits per heavy atom. The minimum atomic E-state index is -0.204. The van der Waals surface area contributed by atoms with Gasteiger partial charge in [0, 0.05) is 28.0 Å². The van der Waals surface area contributed by atoms with Crippen molar-refractivity contribution in [3.63, 3.8) is 0 Å². The topological polar surface area (TPSA) is 81.9 Å². The highest BCUT2D eigenvalue weighted by atomic mass is 35.5. The largest absolute Gasteiger partial charge is 0.486 e. The zero-order valence-electron chi connectivity index (χ0n) is 17.1.